The first kappa shape index (κ1) is 14.1. The van der Waals surface area contributed by atoms with Crippen LogP contribution in [-0.2, 0) is 9.59 Å². The number of aryl methyl sites for hydroxylation is 1. The molecule has 0 spiro atoms. The first-order valence-electron chi connectivity index (χ1n) is 5.17. The maximum atomic E-state index is 10.9. The summed E-state index contributed by atoms with van der Waals surface area (Å²) in [7, 11) is 0. The van der Waals surface area contributed by atoms with Crippen LogP contribution in [0.15, 0.2) is 12.5 Å². The number of hydrogen-bond donors (Lipinski definition) is 3. The van der Waals surface area contributed by atoms with Gasteiger partial charge in [0.1, 0.15) is 11.9 Å². The number of aliphatic carboxylic acids is 2. The lowest BCUT2D eigenvalue weighted by molar-refractivity contribution is -0.717. The Labute approximate surface area is 102 Å². The summed E-state index contributed by atoms with van der Waals surface area (Å²) in [5, 5.41) is 37.6. The third-order valence-electron chi connectivity index (χ3n) is 2.60. The number of hydrogen-bond acceptors (Lipinski definition) is 5. The Balaban J connectivity index is 3.15. The summed E-state index contributed by atoms with van der Waals surface area (Å²) in [6.07, 6.45) is 2.57. The second-order valence-electron chi connectivity index (χ2n) is 3.79. The molecule has 3 N–H and O–H groups in total. The van der Waals surface area contributed by atoms with Gasteiger partial charge in [-0.2, -0.15) is 0 Å². The molecule has 0 radical (unpaired) electrons. The van der Waals surface area contributed by atoms with Gasteiger partial charge in [-0.15, -0.1) is 0 Å². The molecular weight excluding hydrogens is 244 g/mol. The van der Waals surface area contributed by atoms with E-state index >= 15 is 0 Å². The number of nitrogens with zero attached hydrogens (tertiary/aromatic N) is 2. The van der Waals surface area contributed by atoms with Crippen LogP contribution >= 0.6 is 0 Å². The standard InChI is InChI=1S/C10H14N2O6/c1-6-2-11(7(3-13)9(15)16)5-12(6)8(4-14)10(17)18/h2,5,7-8,13-14H,3-4H2,1H3,(H-,15,16,17,18). The molecule has 1 rings (SSSR count). The van der Waals surface area contributed by atoms with E-state index in [0.717, 1.165) is 4.57 Å². The molecule has 1 heterocycles. The van der Waals surface area contributed by atoms with Crippen molar-refractivity contribution in [2.24, 2.45) is 0 Å². The fourth-order valence-corrected chi connectivity index (χ4v) is 1.62. The number of aliphatic hydroxyl groups excluding tert-OH is 2. The van der Waals surface area contributed by atoms with Crippen molar-refractivity contribution in [3.8, 4) is 0 Å². The van der Waals surface area contributed by atoms with Gasteiger partial charge >= 0.3 is 5.97 Å². The summed E-state index contributed by atoms with van der Waals surface area (Å²) >= 11 is 0. The number of imidazole rings is 1. The maximum Gasteiger partial charge on any atom is 0.351 e. The quantitative estimate of drug-likeness (QED) is 0.466. The predicted molar refractivity (Wildman–Crippen MR) is 54.3 cm³/mol. The van der Waals surface area contributed by atoms with Crippen molar-refractivity contribution < 1.29 is 34.6 Å². The van der Waals surface area contributed by atoms with Gasteiger partial charge in [0.2, 0.25) is 12.4 Å². The summed E-state index contributed by atoms with van der Waals surface area (Å²) < 4.78 is 2.35. The van der Waals surface area contributed by atoms with E-state index in [1.54, 1.807) is 6.92 Å². The van der Waals surface area contributed by atoms with Crippen LogP contribution in [0.3, 0.4) is 0 Å². The Morgan fingerprint density at radius 2 is 2.06 bits per heavy atom. The molecule has 18 heavy (non-hydrogen) atoms. The summed E-state index contributed by atoms with van der Waals surface area (Å²) in [5.41, 5.74) is 0.441. The Morgan fingerprint density at radius 3 is 2.44 bits per heavy atom. The van der Waals surface area contributed by atoms with Gasteiger partial charge in [-0.3, -0.25) is 0 Å². The van der Waals surface area contributed by atoms with Crippen LogP contribution in [0.2, 0.25) is 0 Å². The minimum Gasteiger partial charge on any atom is -0.545 e. The zero-order chi connectivity index (χ0) is 13.9. The van der Waals surface area contributed by atoms with Gasteiger partial charge in [-0.1, -0.05) is 0 Å². The minimum absolute atomic E-state index is 0.441. The number of aromatic nitrogens is 2. The highest BCUT2D eigenvalue weighted by Crippen LogP contribution is 2.10. The molecule has 0 saturated heterocycles. The van der Waals surface area contributed by atoms with Crippen molar-refractivity contribution in [2.45, 2.75) is 19.0 Å². The van der Waals surface area contributed by atoms with E-state index < -0.39 is 37.2 Å². The van der Waals surface area contributed by atoms with Crippen LogP contribution < -0.4 is 9.67 Å². The molecule has 8 heteroatoms. The molecule has 8 nitrogen and oxygen atoms in total. The molecule has 1 aromatic heterocycles. The smallest absolute Gasteiger partial charge is 0.351 e. The Bertz CT molecular complexity index is 455. The zero-order valence-corrected chi connectivity index (χ0v) is 9.68. The first-order chi connectivity index (χ1) is 8.42. The summed E-state index contributed by atoms with van der Waals surface area (Å²) in [6.45, 7) is 0.263. The Morgan fingerprint density at radius 1 is 1.44 bits per heavy atom. The maximum absolute atomic E-state index is 10.9. The molecule has 0 fully saturated rings. The monoisotopic (exact) mass is 258 g/mol. The Hall–Kier alpha value is -1.93. The lowest BCUT2D eigenvalue weighted by Gasteiger charge is -2.11. The average molecular weight is 258 g/mol. The van der Waals surface area contributed by atoms with E-state index in [1.165, 1.54) is 17.1 Å². The number of carboxylic acid groups (broad SMARTS) is 2. The lowest BCUT2D eigenvalue weighted by Crippen LogP contribution is -2.50. The van der Waals surface area contributed by atoms with Crippen LogP contribution in [-0.4, -0.2) is 45.0 Å². The van der Waals surface area contributed by atoms with E-state index in [1.807, 2.05) is 0 Å². The van der Waals surface area contributed by atoms with Crippen molar-refractivity contribution in [1.29, 1.82) is 0 Å². The number of carboxylic acids is 2. The molecule has 0 aliphatic rings. The van der Waals surface area contributed by atoms with Gasteiger partial charge in [0, 0.05) is 6.92 Å². The summed E-state index contributed by atoms with van der Waals surface area (Å²) in [4.78, 5) is 21.7. The highest BCUT2D eigenvalue weighted by atomic mass is 16.4. The van der Waals surface area contributed by atoms with Gasteiger partial charge in [0.25, 0.3) is 0 Å². The third kappa shape index (κ3) is 2.66. The second-order valence-corrected chi connectivity index (χ2v) is 3.79. The van der Waals surface area contributed by atoms with Crippen LogP contribution in [0, 0.1) is 6.92 Å². The number of rotatable bonds is 6. The van der Waals surface area contributed by atoms with E-state index in [4.69, 9.17) is 15.3 Å². The van der Waals surface area contributed by atoms with Crippen LogP contribution in [0.1, 0.15) is 17.8 Å². The van der Waals surface area contributed by atoms with E-state index in [9.17, 15) is 14.7 Å². The second kappa shape index (κ2) is 5.61. The molecular formula is C10H14N2O6. The fourth-order valence-electron chi connectivity index (χ4n) is 1.62. The molecule has 100 valence electrons. The normalized spacial score (nSPS) is 14.2. The van der Waals surface area contributed by atoms with Gasteiger partial charge in [0.15, 0.2) is 6.04 Å². The summed E-state index contributed by atoms with van der Waals surface area (Å²) in [5.74, 6) is -2.71. The SMILES string of the molecule is Cc1c[n+](C(CO)C(=O)[O-])cn1C(CO)C(=O)O. The number of carbonyl (C=O) groups is 2. The van der Waals surface area contributed by atoms with E-state index in [-0.39, 0.29) is 0 Å². The molecule has 0 saturated carbocycles. The molecule has 1 aromatic rings. The molecule has 2 unspecified atom stereocenters. The highest BCUT2D eigenvalue weighted by molar-refractivity contribution is 5.72. The van der Waals surface area contributed by atoms with Crippen molar-refractivity contribution in [3.63, 3.8) is 0 Å². The largest absolute Gasteiger partial charge is 0.545 e. The summed E-state index contributed by atoms with van der Waals surface area (Å²) in [6, 6.07) is -2.49. The highest BCUT2D eigenvalue weighted by Gasteiger charge is 2.28. The molecule has 0 aliphatic carbocycles. The first-order valence-corrected chi connectivity index (χ1v) is 5.17. The van der Waals surface area contributed by atoms with Crippen molar-refractivity contribution in [2.75, 3.05) is 13.2 Å². The van der Waals surface area contributed by atoms with Gasteiger partial charge in [0.05, 0.1) is 19.2 Å². The van der Waals surface area contributed by atoms with Crippen molar-refractivity contribution >= 4 is 11.9 Å². The molecule has 0 amide bonds. The minimum atomic E-state index is -1.48. The van der Waals surface area contributed by atoms with Gasteiger partial charge in [-0.05, 0) is 0 Å². The Kier molecular flexibility index (Phi) is 4.40. The van der Waals surface area contributed by atoms with Crippen LogP contribution in [0.5, 0.6) is 0 Å². The molecule has 0 bridgehead atoms. The zero-order valence-electron chi connectivity index (χ0n) is 9.68. The van der Waals surface area contributed by atoms with E-state index in [0.29, 0.717) is 5.69 Å². The van der Waals surface area contributed by atoms with Crippen molar-refractivity contribution in [1.82, 2.24) is 4.57 Å². The fraction of sp³-hybridized carbons (Fsp3) is 0.500. The molecule has 0 aliphatic heterocycles. The molecule has 2 atom stereocenters. The molecule has 0 aromatic carbocycles. The predicted octanol–water partition coefficient (Wildman–Crippen LogP) is -3.01. The van der Waals surface area contributed by atoms with E-state index in [2.05, 4.69) is 0 Å². The van der Waals surface area contributed by atoms with Gasteiger partial charge < -0.3 is 25.2 Å². The third-order valence-corrected chi connectivity index (χ3v) is 2.60. The van der Waals surface area contributed by atoms with Gasteiger partial charge in [-0.25, -0.2) is 13.9 Å². The topological polar surface area (TPSA) is 127 Å². The number of aliphatic hydroxyl groups is 2. The van der Waals surface area contributed by atoms with Crippen LogP contribution in [0.25, 0.3) is 0 Å². The average Bonchev–Trinajstić information content (AvgIpc) is 2.61. The van der Waals surface area contributed by atoms with Crippen LogP contribution in [0.4, 0.5) is 0 Å². The van der Waals surface area contributed by atoms with Crippen molar-refractivity contribution in [3.05, 3.63) is 18.2 Å². The number of carbonyl (C=O) groups excluding carboxylic acids is 1. The lowest BCUT2D eigenvalue weighted by atomic mass is 10.3.